The Kier molecular flexibility index (Phi) is 6.54. The third-order valence-electron chi connectivity index (χ3n) is 3.64. The summed E-state index contributed by atoms with van der Waals surface area (Å²) in [7, 11) is 0. The second-order valence-corrected chi connectivity index (χ2v) is 6.06. The highest BCUT2D eigenvalue weighted by Crippen LogP contribution is 2.22. The van der Waals surface area contributed by atoms with Gasteiger partial charge >= 0.3 is 6.03 Å². The first kappa shape index (κ1) is 18.2. The van der Waals surface area contributed by atoms with Crippen LogP contribution in [0.25, 0.3) is 0 Å². The van der Waals surface area contributed by atoms with E-state index in [1.165, 1.54) is 17.0 Å². The van der Waals surface area contributed by atoms with Crippen LogP contribution in [0.4, 0.5) is 14.9 Å². The number of nitrogens with zero attached hydrogens (tertiary/aromatic N) is 1. The first-order valence-corrected chi connectivity index (χ1v) is 8.17. The summed E-state index contributed by atoms with van der Waals surface area (Å²) in [5, 5.41) is 5.52. The quantitative estimate of drug-likeness (QED) is 0.748. The molecule has 1 saturated heterocycles. The average Bonchev–Trinajstić information content (AvgIpc) is 2.87. The Balaban J connectivity index is 1.74. The first-order valence-electron chi connectivity index (χ1n) is 8.17. The molecule has 1 aliphatic heterocycles. The summed E-state index contributed by atoms with van der Waals surface area (Å²) in [5.74, 6) is -0.519. The van der Waals surface area contributed by atoms with Gasteiger partial charge in [-0.2, -0.15) is 0 Å². The summed E-state index contributed by atoms with van der Waals surface area (Å²) >= 11 is 0. The topological polar surface area (TPSA) is 70.7 Å². The molecule has 1 aliphatic rings. The fourth-order valence-electron chi connectivity index (χ4n) is 2.53. The van der Waals surface area contributed by atoms with Crippen molar-refractivity contribution in [2.75, 3.05) is 24.6 Å². The zero-order valence-electron chi connectivity index (χ0n) is 14.0. The highest BCUT2D eigenvalue weighted by atomic mass is 19.1. The van der Waals surface area contributed by atoms with E-state index < -0.39 is 5.82 Å². The lowest BCUT2D eigenvalue weighted by Gasteiger charge is -2.17. The number of rotatable bonds is 7. The highest BCUT2D eigenvalue weighted by molar-refractivity contribution is 5.96. The van der Waals surface area contributed by atoms with Crippen LogP contribution in [0, 0.1) is 5.82 Å². The summed E-state index contributed by atoms with van der Waals surface area (Å²) in [6, 6.07) is 5.29. The number of urea groups is 1. The van der Waals surface area contributed by atoms with Crippen molar-refractivity contribution in [1.29, 1.82) is 0 Å². The van der Waals surface area contributed by atoms with E-state index in [0.29, 0.717) is 25.4 Å². The minimum Gasteiger partial charge on any atom is -0.379 e. The molecular formula is C17H24FN3O3. The summed E-state index contributed by atoms with van der Waals surface area (Å²) in [4.78, 5) is 25.4. The summed E-state index contributed by atoms with van der Waals surface area (Å²) < 4.78 is 18.7. The third kappa shape index (κ3) is 5.49. The molecule has 6 nitrogen and oxygen atoms in total. The van der Waals surface area contributed by atoms with Gasteiger partial charge in [-0.25, -0.2) is 9.18 Å². The van der Waals surface area contributed by atoms with E-state index in [9.17, 15) is 14.0 Å². The molecule has 1 aromatic rings. The summed E-state index contributed by atoms with van der Waals surface area (Å²) in [6.07, 6.45) is 1.11. The van der Waals surface area contributed by atoms with Gasteiger partial charge in [0.2, 0.25) is 5.91 Å². The van der Waals surface area contributed by atoms with Crippen LogP contribution >= 0.6 is 0 Å². The van der Waals surface area contributed by atoms with Gasteiger partial charge < -0.3 is 20.3 Å². The van der Waals surface area contributed by atoms with E-state index in [4.69, 9.17) is 4.74 Å². The molecule has 1 aromatic carbocycles. The Hall–Kier alpha value is -2.15. The third-order valence-corrected chi connectivity index (χ3v) is 3.64. The first-order chi connectivity index (χ1) is 11.5. The van der Waals surface area contributed by atoms with Crippen LogP contribution in [0.2, 0.25) is 0 Å². The maximum absolute atomic E-state index is 13.3. The molecule has 2 N–H and O–H groups in total. The molecule has 1 heterocycles. The number of hydrogen-bond donors (Lipinski definition) is 2. The van der Waals surface area contributed by atoms with Crippen molar-refractivity contribution in [2.24, 2.45) is 0 Å². The molecule has 7 heteroatoms. The lowest BCUT2D eigenvalue weighted by atomic mass is 10.2. The van der Waals surface area contributed by atoms with Crippen LogP contribution in [-0.4, -0.2) is 43.8 Å². The molecule has 1 atom stereocenters. The number of carbonyl (C=O) groups excluding carboxylic acids is 2. The molecule has 0 radical (unpaired) electrons. The molecule has 132 valence electrons. The lowest BCUT2D eigenvalue weighted by Crippen LogP contribution is -2.43. The second kappa shape index (κ2) is 8.63. The maximum Gasteiger partial charge on any atom is 0.315 e. The van der Waals surface area contributed by atoms with E-state index in [-0.39, 0.29) is 30.5 Å². The van der Waals surface area contributed by atoms with Crippen LogP contribution < -0.4 is 15.5 Å². The Morgan fingerprint density at radius 3 is 2.96 bits per heavy atom. The molecule has 1 fully saturated rings. The fraction of sp³-hybridized carbons (Fsp3) is 0.529. The van der Waals surface area contributed by atoms with Gasteiger partial charge in [-0.1, -0.05) is 6.07 Å². The van der Waals surface area contributed by atoms with Gasteiger partial charge in [-0.15, -0.1) is 0 Å². The van der Waals surface area contributed by atoms with Crippen molar-refractivity contribution in [1.82, 2.24) is 10.6 Å². The van der Waals surface area contributed by atoms with Gasteiger partial charge in [0.25, 0.3) is 0 Å². The van der Waals surface area contributed by atoms with E-state index >= 15 is 0 Å². The predicted octanol–water partition coefficient (Wildman–Crippen LogP) is 2.05. The van der Waals surface area contributed by atoms with E-state index in [1.807, 2.05) is 13.8 Å². The van der Waals surface area contributed by atoms with Crippen LogP contribution in [0.1, 0.15) is 26.7 Å². The van der Waals surface area contributed by atoms with E-state index in [2.05, 4.69) is 10.6 Å². The molecule has 2 rings (SSSR count). The van der Waals surface area contributed by atoms with Crippen molar-refractivity contribution < 1.29 is 18.7 Å². The summed E-state index contributed by atoms with van der Waals surface area (Å²) in [5.41, 5.74) is 0.510. The molecule has 0 saturated carbocycles. The number of amides is 3. The number of ether oxygens (including phenoxy) is 1. The lowest BCUT2D eigenvalue weighted by molar-refractivity contribution is -0.117. The van der Waals surface area contributed by atoms with Crippen LogP contribution in [0.5, 0.6) is 0 Å². The molecule has 0 aliphatic carbocycles. The average molecular weight is 337 g/mol. The Morgan fingerprint density at radius 2 is 2.25 bits per heavy atom. The van der Waals surface area contributed by atoms with Crippen molar-refractivity contribution in [3.63, 3.8) is 0 Å². The van der Waals surface area contributed by atoms with Gasteiger partial charge in [-0.05, 0) is 38.5 Å². The minimum absolute atomic E-state index is 0.128. The fourth-order valence-corrected chi connectivity index (χ4v) is 2.53. The smallest absolute Gasteiger partial charge is 0.315 e. The molecule has 24 heavy (non-hydrogen) atoms. The molecule has 1 unspecified atom stereocenters. The Bertz CT molecular complexity index is 580. The number of anilines is 1. The molecule has 3 amide bonds. The SMILES string of the molecule is CC(C)OCCCNC(=O)NC1CC(=O)N(c2cccc(F)c2)C1. The van der Waals surface area contributed by atoms with Gasteiger partial charge in [0.05, 0.1) is 12.1 Å². The largest absolute Gasteiger partial charge is 0.379 e. The zero-order valence-corrected chi connectivity index (χ0v) is 14.0. The van der Waals surface area contributed by atoms with Crippen LogP contribution in [0.3, 0.4) is 0 Å². The van der Waals surface area contributed by atoms with Crippen LogP contribution in [-0.2, 0) is 9.53 Å². The molecule has 0 bridgehead atoms. The number of benzene rings is 1. The number of carbonyl (C=O) groups is 2. The number of halogens is 1. The number of hydrogen-bond acceptors (Lipinski definition) is 3. The van der Waals surface area contributed by atoms with Crippen molar-refractivity contribution in [2.45, 2.75) is 38.8 Å². The molecule has 0 aromatic heterocycles. The molecular weight excluding hydrogens is 313 g/mol. The van der Waals surface area contributed by atoms with Gasteiger partial charge in [0, 0.05) is 31.8 Å². The summed E-state index contributed by atoms with van der Waals surface area (Å²) in [6.45, 7) is 5.36. The second-order valence-electron chi connectivity index (χ2n) is 6.06. The van der Waals surface area contributed by atoms with Gasteiger partial charge in [-0.3, -0.25) is 4.79 Å². The maximum atomic E-state index is 13.3. The normalized spacial score (nSPS) is 17.4. The number of nitrogens with one attached hydrogen (secondary N) is 2. The molecule has 0 spiro atoms. The highest BCUT2D eigenvalue weighted by Gasteiger charge is 2.31. The van der Waals surface area contributed by atoms with Gasteiger partial charge in [0.1, 0.15) is 5.82 Å². The van der Waals surface area contributed by atoms with E-state index in [0.717, 1.165) is 6.42 Å². The Labute approximate surface area is 141 Å². The minimum atomic E-state index is -0.391. The standard InChI is InChI=1S/C17H24FN3O3/c1-12(2)24-8-4-7-19-17(23)20-14-10-16(22)21(11-14)15-6-3-5-13(18)9-15/h3,5-6,9,12,14H,4,7-8,10-11H2,1-2H3,(H2,19,20,23). The van der Waals surface area contributed by atoms with Crippen molar-refractivity contribution in [3.05, 3.63) is 30.1 Å². The zero-order chi connectivity index (χ0) is 17.5. The van der Waals surface area contributed by atoms with Gasteiger partial charge in [0.15, 0.2) is 0 Å². The van der Waals surface area contributed by atoms with Crippen molar-refractivity contribution >= 4 is 17.6 Å². The van der Waals surface area contributed by atoms with Crippen LogP contribution in [0.15, 0.2) is 24.3 Å². The predicted molar refractivity (Wildman–Crippen MR) is 89.4 cm³/mol. The van der Waals surface area contributed by atoms with Crippen molar-refractivity contribution in [3.8, 4) is 0 Å². The van der Waals surface area contributed by atoms with E-state index in [1.54, 1.807) is 12.1 Å². The Morgan fingerprint density at radius 1 is 1.46 bits per heavy atom. The monoisotopic (exact) mass is 337 g/mol.